The average Bonchev–Trinajstić information content (AvgIpc) is 2.43. The van der Waals surface area contributed by atoms with Gasteiger partial charge >= 0.3 is 0 Å². The summed E-state index contributed by atoms with van der Waals surface area (Å²) in [4.78, 5) is 0. The van der Waals surface area contributed by atoms with E-state index in [2.05, 4.69) is 6.07 Å². The minimum atomic E-state index is -0.470. The van der Waals surface area contributed by atoms with Crippen LogP contribution >= 0.6 is 0 Å². The van der Waals surface area contributed by atoms with Crippen LogP contribution in [0.5, 0.6) is 0 Å². The number of hydrogen-bond donors (Lipinski definition) is 0. The molecule has 2 rings (SSSR count). The van der Waals surface area contributed by atoms with Gasteiger partial charge < -0.3 is 0 Å². The van der Waals surface area contributed by atoms with E-state index in [0.717, 1.165) is 11.1 Å². The zero-order valence-corrected chi connectivity index (χ0v) is 9.31. The summed E-state index contributed by atoms with van der Waals surface area (Å²) in [6.07, 6.45) is 2.03. The van der Waals surface area contributed by atoms with Crippen molar-refractivity contribution in [2.24, 2.45) is 5.92 Å². The van der Waals surface area contributed by atoms with Gasteiger partial charge in [-0.25, -0.2) is 0 Å². The van der Waals surface area contributed by atoms with Gasteiger partial charge in [0.2, 0.25) is 0 Å². The van der Waals surface area contributed by atoms with Crippen LogP contribution in [0.15, 0.2) is 17.7 Å². The number of fused-ring (bicyclic) bond motifs is 1. The van der Waals surface area contributed by atoms with E-state index in [0.29, 0.717) is 23.1 Å². The first-order valence-corrected chi connectivity index (χ1v) is 5.22. The fourth-order valence-electron chi connectivity index (χ4n) is 1.98. The number of hydrogen-bond acceptors (Lipinski definition) is 4. The molecule has 0 aliphatic heterocycles. The van der Waals surface area contributed by atoms with Crippen LogP contribution in [0.1, 0.15) is 22.3 Å². The summed E-state index contributed by atoms with van der Waals surface area (Å²) in [6.45, 7) is 0. The van der Waals surface area contributed by atoms with Gasteiger partial charge in [-0.3, -0.25) is 0 Å². The summed E-state index contributed by atoms with van der Waals surface area (Å²) in [6, 6.07) is 11.2. The third-order valence-corrected chi connectivity index (χ3v) is 2.92. The van der Waals surface area contributed by atoms with Crippen molar-refractivity contribution in [1.82, 2.24) is 0 Å². The van der Waals surface area contributed by atoms with Gasteiger partial charge in [-0.15, -0.1) is 0 Å². The van der Waals surface area contributed by atoms with Crippen LogP contribution in [0.3, 0.4) is 0 Å². The van der Waals surface area contributed by atoms with Crippen molar-refractivity contribution < 1.29 is 0 Å². The fraction of sp³-hybridized carbons (Fsp3) is 0.143. The molecule has 0 heterocycles. The molecule has 0 saturated heterocycles. The molecular formula is C14H6N4. The summed E-state index contributed by atoms with van der Waals surface area (Å²) in [5.74, 6) is -0.470. The van der Waals surface area contributed by atoms with Crippen molar-refractivity contribution in [1.29, 1.82) is 21.0 Å². The highest BCUT2D eigenvalue weighted by Gasteiger charge is 2.22. The van der Waals surface area contributed by atoms with Crippen LogP contribution in [0, 0.1) is 51.2 Å². The van der Waals surface area contributed by atoms with Gasteiger partial charge in [-0.05, 0) is 35.8 Å². The van der Waals surface area contributed by atoms with Crippen LogP contribution < -0.4 is 0 Å². The third-order valence-electron chi connectivity index (χ3n) is 2.92. The Morgan fingerprint density at radius 2 is 1.61 bits per heavy atom. The highest BCUT2D eigenvalue weighted by molar-refractivity contribution is 5.68. The number of allylic oxidation sites excluding steroid dienone is 1. The molecule has 1 aliphatic rings. The summed E-state index contributed by atoms with van der Waals surface area (Å²) >= 11 is 0. The van der Waals surface area contributed by atoms with Crippen LogP contribution in [0.4, 0.5) is 0 Å². The summed E-state index contributed by atoms with van der Waals surface area (Å²) in [5.41, 5.74) is 2.57. The molecule has 1 aromatic rings. The fourth-order valence-corrected chi connectivity index (χ4v) is 1.98. The molecule has 0 saturated carbocycles. The monoisotopic (exact) mass is 230 g/mol. The SMILES string of the molecule is N#CC1=Cc2cc(C#N)c(C#N)cc2CC1C#N. The first-order chi connectivity index (χ1) is 8.73. The molecule has 0 amide bonds. The molecule has 1 aliphatic carbocycles. The predicted octanol–water partition coefficient (Wildman–Crippen LogP) is 2.03. The molecule has 0 spiro atoms. The summed E-state index contributed by atoms with van der Waals surface area (Å²) < 4.78 is 0. The lowest BCUT2D eigenvalue weighted by Gasteiger charge is -2.17. The van der Waals surface area contributed by atoms with E-state index >= 15 is 0 Å². The number of nitriles is 4. The second-order valence-corrected chi connectivity index (χ2v) is 3.92. The Bertz CT molecular complexity index is 714. The molecule has 18 heavy (non-hydrogen) atoms. The molecular weight excluding hydrogens is 224 g/mol. The predicted molar refractivity (Wildman–Crippen MR) is 62.3 cm³/mol. The van der Waals surface area contributed by atoms with Crippen molar-refractivity contribution in [3.05, 3.63) is 40.0 Å². The quantitative estimate of drug-likeness (QED) is 0.681. The minimum absolute atomic E-state index is 0.292. The highest BCUT2D eigenvalue weighted by Crippen LogP contribution is 2.29. The topological polar surface area (TPSA) is 95.2 Å². The molecule has 4 nitrogen and oxygen atoms in total. The lowest BCUT2D eigenvalue weighted by molar-refractivity contribution is 0.781. The minimum Gasteiger partial charge on any atom is -0.198 e. The molecule has 82 valence electrons. The van der Waals surface area contributed by atoms with E-state index in [4.69, 9.17) is 21.0 Å². The van der Waals surface area contributed by atoms with Crippen molar-refractivity contribution in [3.8, 4) is 24.3 Å². The van der Waals surface area contributed by atoms with E-state index < -0.39 is 5.92 Å². The van der Waals surface area contributed by atoms with Crippen LogP contribution in [-0.2, 0) is 6.42 Å². The molecule has 4 heteroatoms. The number of nitrogens with zero attached hydrogens (tertiary/aromatic N) is 4. The highest BCUT2D eigenvalue weighted by atomic mass is 14.3. The van der Waals surface area contributed by atoms with E-state index in [1.54, 1.807) is 18.2 Å². The van der Waals surface area contributed by atoms with Crippen molar-refractivity contribution in [2.45, 2.75) is 6.42 Å². The molecule has 0 bridgehead atoms. The third kappa shape index (κ3) is 1.69. The second kappa shape index (κ2) is 4.42. The second-order valence-electron chi connectivity index (χ2n) is 3.92. The van der Waals surface area contributed by atoms with Crippen LogP contribution in [0.25, 0.3) is 6.08 Å². The Kier molecular flexibility index (Phi) is 2.80. The molecule has 0 radical (unpaired) electrons. The van der Waals surface area contributed by atoms with Crippen molar-refractivity contribution in [3.63, 3.8) is 0 Å². The Morgan fingerprint density at radius 1 is 0.944 bits per heavy atom. The van der Waals surface area contributed by atoms with Gasteiger partial charge in [-0.2, -0.15) is 21.0 Å². The molecule has 0 N–H and O–H groups in total. The van der Waals surface area contributed by atoms with Gasteiger partial charge in [0.05, 0.1) is 29.2 Å². The summed E-state index contributed by atoms with van der Waals surface area (Å²) in [7, 11) is 0. The number of rotatable bonds is 0. The number of benzene rings is 1. The van der Waals surface area contributed by atoms with Crippen LogP contribution in [0.2, 0.25) is 0 Å². The maximum atomic E-state index is 8.99. The maximum Gasteiger partial charge on any atom is 0.101 e. The average molecular weight is 230 g/mol. The molecule has 0 fully saturated rings. The molecule has 1 aromatic carbocycles. The van der Waals surface area contributed by atoms with E-state index in [-0.39, 0.29) is 0 Å². The standard InChI is InChI=1S/C14H6N4/c15-5-11-1-9-2-13(7-17)14(8-18)4-10(9)3-12(11)6-16/h1-3,14H,4H2. The first kappa shape index (κ1) is 11.4. The van der Waals surface area contributed by atoms with E-state index in [9.17, 15) is 0 Å². The zero-order valence-electron chi connectivity index (χ0n) is 9.31. The first-order valence-electron chi connectivity index (χ1n) is 5.22. The maximum absolute atomic E-state index is 8.99. The summed E-state index contributed by atoms with van der Waals surface area (Å²) in [5, 5.41) is 35.8. The molecule has 0 aromatic heterocycles. The Hall–Kier alpha value is -3.08. The lowest BCUT2D eigenvalue weighted by Crippen LogP contribution is -2.11. The Labute approximate surface area is 104 Å². The van der Waals surface area contributed by atoms with E-state index in [1.807, 2.05) is 18.2 Å². The zero-order chi connectivity index (χ0) is 13.1. The molecule has 1 atom stereocenters. The van der Waals surface area contributed by atoms with E-state index in [1.165, 1.54) is 0 Å². The van der Waals surface area contributed by atoms with Crippen molar-refractivity contribution >= 4 is 6.08 Å². The lowest BCUT2D eigenvalue weighted by atomic mass is 9.83. The van der Waals surface area contributed by atoms with Gasteiger partial charge in [0.1, 0.15) is 12.1 Å². The largest absolute Gasteiger partial charge is 0.198 e. The smallest absolute Gasteiger partial charge is 0.101 e. The normalized spacial score (nSPS) is 16.2. The molecule has 1 unspecified atom stereocenters. The Morgan fingerprint density at radius 3 is 2.17 bits per heavy atom. The van der Waals surface area contributed by atoms with Crippen molar-refractivity contribution in [2.75, 3.05) is 0 Å². The van der Waals surface area contributed by atoms with Gasteiger partial charge in [0.25, 0.3) is 0 Å². The van der Waals surface area contributed by atoms with Crippen LogP contribution in [-0.4, -0.2) is 0 Å². The van der Waals surface area contributed by atoms with Gasteiger partial charge in [0, 0.05) is 5.57 Å². The van der Waals surface area contributed by atoms with Gasteiger partial charge in [-0.1, -0.05) is 0 Å². The Balaban J connectivity index is 2.65. The van der Waals surface area contributed by atoms with Gasteiger partial charge in [0.15, 0.2) is 0 Å².